The van der Waals surface area contributed by atoms with Gasteiger partial charge in [0.2, 0.25) is 5.91 Å². The van der Waals surface area contributed by atoms with E-state index in [0.29, 0.717) is 17.1 Å². The Kier molecular flexibility index (Phi) is 7.57. The summed E-state index contributed by atoms with van der Waals surface area (Å²) in [6.45, 7) is 6.45. The fraction of sp³-hybridized carbons (Fsp3) is 0.667. The van der Waals surface area contributed by atoms with Gasteiger partial charge in [0.25, 0.3) is 5.56 Å². The van der Waals surface area contributed by atoms with Gasteiger partial charge < -0.3 is 10.3 Å². The van der Waals surface area contributed by atoms with Crippen LogP contribution in [0.5, 0.6) is 0 Å². The number of thiophene rings is 1. The summed E-state index contributed by atoms with van der Waals surface area (Å²) in [7, 11) is 0. The Morgan fingerprint density at radius 1 is 1.32 bits per heavy atom. The second-order valence-electron chi connectivity index (χ2n) is 7.95. The first kappa shape index (κ1) is 21.4. The standard InChI is InChI=1S/C21H31N3O2S2/c1-4-13(2)11-16-14(3)28-20-18(16)19(26)23-21(24-20)27-12-17(25)22-15-9-7-5-6-8-10-15/h13,15H,4-12H2,1-3H3,(H,22,25)(H,23,24,26)/t13-/m0/s1. The molecule has 0 spiro atoms. The van der Waals surface area contributed by atoms with Crippen molar-refractivity contribution < 1.29 is 4.79 Å². The molecule has 1 saturated carbocycles. The van der Waals surface area contributed by atoms with Gasteiger partial charge >= 0.3 is 0 Å². The first-order valence-corrected chi connectivity index (χ1v) is 12.2. The third-order valence-corrected chi connectivity index (χ3v) is 7.57. The number of thioether (sulfide) groups is 1. The largest absolute Gasteiger partial charge is 0.353 e. The number of hydrogen-bond acceptors (Lipinski definition) is 5. The molecule has 28 heavy (non-hydrogen) atoms. The molecule has 0 aromatic carbocycles. The van der Waals surface area contributed by atoms with Crippen LogP contribution in [-0.4, -0.2) is 27.7 Å². The Bertz CT molecular complexity index is 866. The minimum absolute atomic E-state index is 0.0273. The van der Waals surface area contributed by atoms with Gasteiger partial charge in [-0.15, -0.1) is 11.3 Å². The maximum Gasteiger partial charge on any atom is 0.260 e. The Morgan fingerprint density at radius 2 is 2.04 bits per heavy atom. The Morgan fingerprint density at radius 3 is 2.71 bits per heavy atom. The summed E-state index contributed by atoms with van der Waals surface area (Å²) in [5, 5.41) is 4.41. The van der Waals surface area contributed by atoms with E-state index in [4.69, 9.17) is 0 Å². The van der Waals surface area contributed by atoms with Gasteiger partial charge in [-0.2, -0.15) is 0 Å². The molecule has 5 nitrogen and oxygen atoms in total. The van der Waals surface area contributed by atoms with Crippen LogP contribution in [0.4, 0.5) is 0 Å². The molecule has 0 saturated heterocycles. The summed E-state index contributed by atoms with van der Waals surface area (Å²) in [5.41, 5.74) is 1.05. The van der Waals surface area contributed by atoms with Gasteiger partial charge in [-0.25, -0.2) is 4.98 Å². The third kappa shape index (κ3) is 5.38. The van der Waals surface area contributed by atoms with Crippen molar-refractivity contribution in [3.8, 4) is 0 Å². The minimum Gasteiger partial charge on any atom is -0.353 e. The molecule has 1 aliphatic rings. The lowest BCUT2D eigenvalue weighted by Crippen LogP contribution is -2.35. The summed E-state index contributed by atoms with van der Waals surface area (Å²) < 4.78 is 0. The molecular formula is C21H31N3O2S2. The molecular weight excluding hydrogens is 390 g/mol. The summed E-state index contributed by atoms with van der Waals surface area (Å²) in [4.78, 5) is 34.5. The number of rotatable bonds is 7. The highest BCUT2D eigenvalue weighted by atomic mass is 32.2. The topological polar surface area (TPSA) is 74.8 Å². The molecule has 1 amide bonds. The van der Waals surface area contributed by atoms with E-state index in [1.54, 1.807) is 11.3 Å². The number of amides is 1. The van der Waals surface area contributed by atoms with E-state index in [1.165, 1.54) is 42.3 Å². The number of aromatic amines is 1. The number of hydrogen-bond donors (Lipinski definition) is 2. The van der Waals surface area contributed by atoms with Crippen LogP contribution in [0.1, 0.15) is 69.2 Å². The van der Waals surface area contributed by atoms with Crippen LogP contribution >= 0.6 is 23.1 Å². The van der Waals surface area contributed by atoms with Crippen LogP contribution in [0.15, 0.2) is 9.95 Å². The molecule has 1 atom stereocenters. The van der Waals surface area contributed by atoms with E-state index in [-0.39, 0.29) is 17.2 Å². The summed E-state index contributed by atoms with van der Waals surface area (Å²) >= 11 is 2.89. The summed E-state index contributed by atoms with van der Waals surface area (Å²) in [6, 6.07) is 0.299. The lowest BCUT2D eigenvalue weighted by atomic mass is 9.98. The Labute approximate surface area is 175 Å². The third-order valence-electron chi connectivity index (χ3n) is 5.65. The Balaban J connectivity index is 1.67. The minimum atomic E-state index is -0.0840. The molecule has 2 aromatic rings. The van der Waals surface area contributed by atoms with Crippen molar-refractivity contribution in [2.24, 2.45) is 5.92 Å². The highest BCUT2D eigenvalue weighted by molar-refractivity contribution is 7.99. The average molecular weight is 422 g/mol. The lowest BCUT2D eigenvalue weighted by Gasteiger charge is -2.15. The molecule has 154 valence electrons. The number of carbonyl (C=O) groups is 1. The summed E-state index contributed by atoms with van der Waals surface area (Å²) in [5.74, 6) is 0.853. The fourth-order valence-electron chi connectivity index (χ4n) is 3.79. The second-order valence-corrected chi connectivity index (χ2v) is 10.1. The predicted octanol–water partition coefficient (Wildman–Crippen LogP) is 4.81. The fourth-order valence-corrected chi connectivity index (χ4v) is 5.57. The quantitative estimate of drug-likeness (QED) is 0.382. The van der Waals surface area contributed by atoms with Crippen LogP contribution in [0, 0.1) is 12.8 Å². The van der Waals surface area contributed by atoms with E-state index < -0.39 is 0 Å². The number of carbonyl (C=O) groups excluding carboxylic acids is 1. The zero-order valence-electron chi connectivity index (χ0n) is 17.1. The predicted molar refractivity (Wildman–Crippen MR) is 118 cm³/mol. The highest BCUT2D eigenvalue weighted by Crippen LogP contribution is 2.30. The second kappa shape index (κ2) is 9.92. The van der Waals surface area contributed by atoms with Crippen molar-refractivity contribution >= 4 is 39.2 Å². The zero-order valence-corrected chi connectivity index (χ0v) is 18.7. The first-order chi connectivity index (χ1) is 13.5. The molecule has 2 heterocycles. The molecule has 2 N–H and O–H groups in total. The number of aryl methyl sites for hydroxylation is 1. The van der Waals surface area contributed by atoms with Crippen molar-refractivity contribution in [3.63, 3.8) is 0 Å². The van der Waals surface area contributed by atoms with Gasteiger partial charge in [-0.1, -0.05) is 57.7 Å². The summed E-state index contributed by atoms with van der Waals surface area (Å²) in [6.07, 6.45) is 9.07. The lowest BCUT2D eigenvalue weighted by molar-refractivity contribution is -0.119. The number of nitrogens with zero attached hydrogens (tertiary/aromatic N) is 1. The van der Waals surface area contributed by atoms with Crippen molar-refractivity contribution in [2.45, 2.75) is 83.3 Å². The van der Waals surface area contributed by atoms with Crippen molar-refractivity contribution in [1.82, 2.24) is 15.3 Å². The highest BCUT2D eigenvalue weighted by Gasteiger charge is 2.18. The van der Waals surface area contributed by atoms with E-state index in [2.05, 4.69) is 36.1 Å². The van der Waals surface area contributed by atoms with E-state index in [1.807, 2.05) is 0 Å². The molecule has 2 aromatic heterocycles. The van der Waals surface area contributed by atoms with Gasteiger partial charge in [0.1, 0.15) is 4.83 Å². The number of H-pyrrole nitrogens is 1. The number of fused-ring (bicyclic) bond motifs is 1. The monoisotopic (exact) mass is 421 g/mol. The van der Waals surface area contributed by atoms with Crippen LogP contribution in [0.3, 0.4) is 0 Å². The van der Waals surface area contributed by atoms with Gasteiger partial charge in [0.05, 0.1) is 11.1 Å². The van der Waals surface area contributed by atoms with Crippen LogP contribution < -0.4 is 10.9 Å². The van der Waals surface area contributed by atoms with Crippen molar-refractivity contribution in [2.75, 3.05) is 5.75 Å². The molecule has 0 unspecified atom stereocenters. The van der Waals surface area contributed by atoms with Crippen molar-refractivity contribution in [1.29, 1.82) is 0 Å². The SMILES string of the molecule is CC[C@H](C)Cc1c(C)sc2nc(SCC(=O)NC3CCCCCC3)[nH]c(=O)c12. The smallest absolute Gasteiger partial charge is 0.260 e. The normalized spacial score (nSPS) is 16.8. The maximum absolute atomic E-state index is 12.7. The van der Waals surface area contributed by atoms with E-state index in [0.717, 1.165) is 41.5 Å². The Hall–Kier alpha value is -1.34. The van der Waals surface area contributed by atoms with Gasteiger partial charge in [0, 0.05) is 10.9 Å². The van der Waals surface area contributed by atoms with Crippen LogP contribution in [-0.2, 0) is 11.2 Å². The van der Waals surface area contributed by atoms with Crippen molar-refractivity contribution in [3.05, 3.63) is 20.8 Å². The average Bonchev–Trinajstić information content (AvgIpc) is 2.83. The number of nitrogens with one attached hydrogen (secondary N) is 2. The molecule has 7 heteroatoms. The molecule has 3 rings (SSSR count). The molecule has 0 radical (unpaired) electrons. The zero-order chi connectivity index (χ0) is 20.1. The van der Waals surface area contributed by atoms with E-state index in [9.17, 15) is 9.59 Å². The van der Waals surface area contributed by atoms with Crippen LogP contribution in [0.25, 0.3) is 10.2 Å². The molecule has 1 aliphatic carbocycles. The molecule has 0 aliphatic heterocycles. The first-order valence-electron chi connectivity index (χ1n) is 10.4. The van der Waals surface area contributed by atoms with Crippen LogP contribution in [0.2, 0.25) is 0 Å². The van der Waals surface area contributed by atoms with E-state index >= 15 is 0 Å². The van der Waals surface area contributed by atoms with Gasteiger partial charge in [-0.05, 0) is 37.7 Å². The van der Waals surface area contributed by atoms with Gasteiger partial charge in [-0.3, -0.25) is 9.59 Å². The maximum atomic E-state index is 12.7. The number of aromatic nitrogens is 2. The molecule has 0 bridgehead atoms. The molecule has 1 fully saturated rings. The van der Waals surface area contributed by atoms with Gasteiger partial charge in [0.15, 0.2) is 5.16 Å².